The summed E-state index contributed by atoms with van der Waals surface area (Å²) < 4.78 is 25.3. The molecule has 0 spiro atoms. The highest BCUT2D eigenvalue weighted by atomic mass is 32.1. The molecule has 6 nitrogen and oxygen atoms in total. The van der Waals surface area contributed by atoms with Gasteiger partial charge in [0, 0.05) is 12.6 Å². The Morgan fingerprint density at radius 3 is 2.77 bits per heavy atom. The first-order valence-corrected chi connectivity index (χ1v) is 10.7. The lowest BCUT2D eigenvalue weighted by atomic mass is 10.1. The van der Waals surface area contributed by atoms with Gasteiger partial charge in [-0.05, 0) is 48.2 Å². The Morgan fingerprint density at radius 1 is 1.13 bits per heavy atom. The van der Waals surface area contributed by atoms with E-state index in [0.717, 1.165) is 11.3 Å². The smallest absolute Gasteiger partial charge is 0.257 e. The summed E-state index contributed by atoms with van der Waals surface area (Å²) in [6.45, 7) is 2.74. The Kier molecular flexibility index (Phi) is 6.37. The number of rotatable bonds is 8. The summed E-state index contributed by atoms with van der Waals surface area (Å²) >= 11 is 1.51. The molecule has 0 fully saturated rings. The first-order valence-electron chi connectivity index (χ1n) is 9.82. The third-order valence-electron chi connectivity index (χ3n) is 4.49. The second-order valence-electron chi connectivity index (χ2n) is 6.75. The second-order valence-corrected chi connectivity index (χ2v) is 7.70. The summed E-state index contributed by atoms with van der Waals surface area (Å²) in [5, 5.41) is 10.0. The van der Waals surface area contributed by atoms with Crippen LogP contribution in [0.15, 0.2) is 68.8 Å². The van der Waals surface area contributed by atoms with Gasteiger partial charge >= 0.3 is 0 Å². The lowest BCUT2D eigenvalue weighted by Crippen LogP contribution is -2.29. The average molecular weight is 437 g/mol. The highest BCUT2D eigenvalue weighted by Gasteiger charge is 2.16. The fourth-order valence-electron chi connectivity index (χ4n) is 3.02. The van der Waals surface area contributed by atoms with Gasteiger partial charge in [-0.1, -0.05) is 25.1 Å². The number of furan rings is 1. The van der Waals surface area contributed by atoms with Crippen LogP contribution in [-0.2, 0) is 11.3 Å². The van der Waals surface area contributed by atoms with Gasteiger partial charge in [-0.25, -0.2) is 4.39 Å². The fraction of sp³-hybridized carbons (Fsp3) is 0.174. The zero-order valence-electron chi connectivity index (χ0n) is 16.8. The van der Waals surface area contributed by atoms with E-state index in [2.05, 4.69) is 10.2 Å². The predicted molar refractivity (Wildman–Crippen MR) is 116 cm³/mol. The third kappa shape index (κ3) is 4.97. The monoisotopic (exact) mass is 437 g/mol. The van der Waals surface area contributed by atoms with Gasteiger partial charge in [-0.15, -0.1) is 21.5 Å². The molecule has 4 rings (SSSR count). The molecule has 0 saturated heterocycles. The van der Waals surface area contributed by atoms with Gasteiger partial charge in [0.2, 0.25) is 11.8 Å². The van der Waals surface area contributed by atoms with Crippen LogP contribution < -0.4 is 0 Å². The standard InChI is InChI=1S/C23H20FN3O3S/c1-2-13-27(15-21-25-26-23(30-21)20-8-5-14-31-20)22(28)12-10-16-9-11-19(29-16)17-6-3-4-7-18(17)24/h3-12,14H,2,13,15H2,1H3/b12-10+. The number of carbonyl (C=O) groups is 1. The third-order valence-corrected chi connectivity index (χ3v) is 5.34. The summed E-state index contributed by atoms with van der Waals surface area (Å²) in [4.78, 5) is 15.2. The molecule has 8 heteroatoms. The number of aromatic nitrogens is 2. The normalized spacial score (nSPS) is 11.3. The van der Waals surface area contributed by atoms with Crippen LogP contribution in [0.3, 0.4) is 0 Å². The SMILES string of the molecule is CCCN(Cc1nnc(-c2cccs2)o1)C(=O)/C=C/c1ccc(-c2ccccc2F)o1. The number of hydrogen-bond donors (Lipinski definition) is 0. The molecule has 31 heavy (non-hydrogen) atoms. The maximum Gasteiger partial charge on any atom is 0.257 e. The van der Waals surface area contributed by atoms with Gasteiger partial charge in [-0.3, -0.25) is 4.79 Å². The lowest BCUT2D eigenvalue weighted by molar-refractivity contribution is -0.126. The highest BCUT2D eigenvalue weighted by Crippen LogP contribution is 2.26. The van der Waals surface area contributed by atoms with Crippen LogP contribution in [0.2, 0.25) is 0 Å². The van der Waals surface area contributed by atoms with Gasteiger partial charge in [0.05, 0.1) is 17.0 Å². The molecule has 1 aromatic carbocycles. The summed E-state index contributed by atoms with van der Waals surface area (Å²) in [7, 11) is 0. The van der Waals surface area contributed by atoms with Crippen LogP contribution in [-0.4, -0.2) is 27.5 Å². The van der Waals surface area contributed by atoms with E-state index in [-0.39, 0.29) is 18.3 Å². The number of halogens is 1. The number of carbonyl (C=O) groups excluding carboxylic acids is 1. The Hall–Kier alpha value is -3.52. The van der Waals surface area contributed by atoms with Crippen molar-refractivity contribution in [2.24, 2.45) is 0 Å². The minimum Gasteiger partial charge on any atom is -0.457 e. The maximum absolute atomic E-state index is 13.9. The van der Waals surface area contributed by atoms with Crippen LogP contribution in [0.4, 0.5) is 4.39 Å². The summed E-state index contributed by atoms with van der Waals surface area (Å²) in [6.07, 6.45) is 3.78. The molecule has 0 N–H and O–H groups in total. The van der Waals surface area contributed by atoms with E-state index in [1.54, 1.807) is 41.3 Å². The number of nitrogens with zero attached hydrogens (tertiary/aromatic N) is 3. The van der Waals surface area contributed by atoms with Gasteiger partial charge < -0.3 is 13.7 Å². The van der Waals surface area contributed by atoms with E-state index in [4.69, 9.17) is 8.83 Å². The molecule has 0 unspecified atom stereocenters. The van der Waals surface area contributed by atoms with Crippen molar-refractivity contribution >= 4 is 23.3 Å². The number of thiophene rings is 1. The minimum atomic E-state index is -0.362. The van der Waals surface area contributed by atoms with Crippen molar-refractivity contribution in [3.8, 4) is 22.1 Å². The molecular formula is C23H20FN3O3S. The topological polar surface area (TPSA) is 72.4 Å². The van der Waals surface area contributed by atoms with E-state index in [1.807, 2.05) is 24.4 Å². The van der Waals surface area contributed by atoms with Gasteiger partial charge in [-0.2, -0.15) is 0 Å². The molecule has 158 valence electrons. The molecule has 3 heterocycles. The van der Waals surface area contributed by atoms with E-state index in [0.29, 0.717) is 35.4 Å². The van der Waals surface area contributed by atoms with Gasteiger partial charge in [0.15, 0.2) is 0 Å². The van der Waals surface area contributed by atoms with E-state index >= 15 is 0 Å². The average Bonchev–Trinajstić information content (AvgIpc) is 3.53. The van der Waals surface area contributed by atoms with Gasteiger partial charge in [0.25, 0.3) is 5.89 Å². The van der Waals surface area contributed by atoms with Crippen LogP contribution >= 0.6 is 11.3 Å². The van der Waals surface area contributed by atoms with Crippen LogP contribution in [0.5, 0.6) is 0 Å². The molecule has 0 aliphatic carbocycles. The molecular weight excluding hydrogens is 417 g/mol. The lowest BCUT2D eigenvalue weighted by Gasteiger charge is -2.18. The first kappa shape index (κ1) is 20.7. The molecule has 3 aromatic heterocycles. The van der Waals surface area contributed by atoms with Crippen molar-refractivity contribution in [3.63, 3.8) is 0 Å². The molecule has 0 radical (unpaired) electrons. The van der Waals surface area contributed by atoms with Crippen molar-refractivity contribution in [3.05, 3.63) is 77.5 Å². The van der Waals surface area contributed by atoms with E-state index < -0.39 is 0 Å². The van der Waals surface area contributed by atoms with Crippen LogP contribution in [0.1, 0.15) is 25.0 Å². The predicted octanol–water partition coefficient (Wildman–Crippen LogP) is 5.65. The first-order chi connectivity index (χ1) is 15.1. The van der Waals surface area contributed by atoms with Crippen molar-refractivity contribution in [2.45, 2.75) is 19.9 Å². The quantitative estimate of drug-likeness (QED) is 0.333. The van der Waals surface area contributed by atoms with E-state index in [9.17, 15) is 9.18 Å². The molecule has 0 aliphatic heterocycles. The largest absolute Gasteiger partial charge is 0.457 e. The zero-order valence-corrected chi connectivity index (χ0v) is 17.6. The molecule has 0 saturated carbocycles. The maximum atomic E-state index is 13.9. The Labute approximate surface area is 182 Å². The molecule has 0 bridgehead atoms. The Bertz CT molecular complexity index is 1180. The molecule has 1 amide bonds. The van der Waals surface area contributed by atoms with Crippen molar-refractivity contribution in [1.82, 2.24) is 15.1 Å². The fourth-order valence-corrected chi connectivity index (χ4v) is 3.67. The highest BCUT2D eigenvalue weighted by molar-refractivity contribution is 7.13. The number of hydrogen-bond acceptors (Lipinski definition) is 6. The molecule has 4 aromatic rings. The van der Waals surface area contributed by atoms with Crippen molar-refractivity contribution in [1.29, 1.82) is 0 Å². The summed E-state index contributed by atoms with van der Waals surface area (Å²) in [5.74, 6) is 1.11. The van der Waals surface area contributed by atoms with Crippen LogP contribution in [0, 0.1) is 5.82 Å². The second kappa shape index (κ2) is 9.53. The van der Waals surface area contributed by atoms with Crippen molar-refractivity contribution < 1.29 is 18.0 Å². The number of amides is 1. The Balaban J connectivity index is 1.44. The molecule has 0 aliphatic rings. The number of benzene rings is 1. The van der Waals surface area contributed by atoms with E-state index in [1.165, 1.54) is 23.5 Å². The molecule has 0 atom stereocenters. The van der Waals surface area contributed by atoms with Crippen LogP contribution in [0.25, 0.3) is 28.2 Å². The van der Waals surface area contributed by atoms with Gasteiger partial charge in [0.1, 0.15) is 17.3 Å². The summed E-state index contributed by atoms with van der Waals surface area (Å²) in [5.41, 5.74) is 0.374. The zero-order chi connectivity index (χ0) is 21.6. The summed E-state index contributed by atoms with van der Waals surface area (Å²) in [6, 6.07) is 13.6. The Morgan fingerprint density at radius 2 is 2.00 bits per heavy atom. The van der Waals surface area contributed by atoms with Crippen molar-refractivity contribution in [2.75, 3.05) is 6.54 Å². The minimum absolute atomic E-state index is 0.207.